The summed E-state index contributed by atoms with van der Waals surface area (Å²) in [4.78, 5) is 0. The Labute approximate surface area is 201 Å². The summed E-state index contributed by atoms with van der Waals surface area (Å²) in [6.45, 7) is 6.82. The van der Waals surface area contributed by atoms with Crippen molar-refractivity contribution in [2.75, 3.05) is 0 Å². The van der Waals surface area contributed by atoms with Gasteiger partial charge in [-0.25, -0.2) is 4.39 Å². The third-order valence-corrected chi connectivity index (χ3v) is 8.75. The summed E-state index contributed by atoms with van der Waals surface area (Å²) in [5.74, 6) is 4.34. The van der Waals surface area contributed by atoms with Crippen molar-refractivity contribution in [3.8, 4) is 18.1 Å². The van der Waals surface area contributed by atoms with Gasteiger partial charge in [0, 0.05) is 0 Å². The molecule has 184 valence electrons. The van der Waals surface area contributed by atoms with Crippen LogP contribution >= 0.6 is 0 Å². The molecule has 1 aromatic rings. The van der Waals surface area contributed by atoms with Crippen LogP contribution in [0.5, 0.6) is 5.75 Å². The molecule has 2 atom stereocenters. The second-order valence-electron chi connectivity index (χ2n) is 10.7. The molecule has 2 aliphatic carbocycles. The Hall–Kier alpha value is -1.56. The van der Waals surface area contributed by atoms with Crippen molar-refractivity contribution in [3.63, 3.8) is 0 Å². The van der Waals surface area contributed by atoms with Crippen molar-refractivity contribution >= 4 is 0 Å². The topological polar surface area (TPSA) is 9.23 Å². The van der Waals surface area contributed by atoms with Crippen molar-refractivity contribution in [1.29, 1.82) is 0 Å². The maximum atomic E-state index is 15.0. The lowest BCUT2D eigenvalue weighted by Gasteiger charge is -2.39. The highest BCUT2D eigenvalue weighted by atomic mass is 19.2. The Bertz CT molecular complexity index is 766. The average Bonchev–Trinajstić information content (AvgIpc) is 2.86. The van der Waals surface area contributed by atoms with Gasteiger partial charge in [-0.05, 0) is 105 Å². The molecule has 2 unspecified atom stereocenters. The average molecular weight is 459 g/mol. The number of halogens is 2. The number of rotatable bonds is 10. The summed E-state index contributed by atoms with van der Waals surface area (Å²) in [5.41, 5.74) is 0.516. The van der Waals surface area contributed by atoms with Crippen molar-refractivity contribution < 1.29 is 13.5 Å². The summed E-state index contributed by atoms with van der Waals surface area (Å²) in [6.07, 6.45) is 19.7. The predicted molar refractivity (Wildman–Crippen MR) is 133 cm³/mol. The number of unbranched alkanes of at least 4 members (excludes halogenated alkanes) is 2. The first kappa shape index (κ1) is 26.1. The Morgan fingerprint density at radius 3 is 2.15 bits per heavy atom. The van der Waals surface area contributed by atoms with Crippen LogP contribution in [0.15, 0.2) is 12.1 Å². The highest BCUT2D eigenvalue weighted by Gasteiger charge is 2.33. The van der Waals surface area contributed by atoms with Crippen LogP contribution in [-0.4, -0.2) is 6.10 Å². The first-order valence-corrected chi connectivity index (χ1v) is 13.6. The smallest absolute Gasteiger partial charge is 0.200 e. The molecule has 0 aromatic heterocycles. The quantitative estimate of drug-likeness (QED) is 0.251. The van der Waals surface area contributed by atoms with Gasteiger partial charge in [0.25, 0.3) is 0 Å². The molecular weight excluding hydrogens is 414 g/mol. The summed E-state index contributed by atoms with van der Waals surface area (Å²) >= 11 is 0. The van der Waals surface area contributed by atoms with Crippen molar-refractivity contribution in [2.24, 2.45) is 23.7 Å². The minimum absolute atomic E-state index is 0.0533. The molecule has 2 fully saturated rings. The molecule has 1 aromatic carbocycles. The van der Waals surface area contributed by atoms with Gasteiger partial charge in [-0.1, -0.05) is 52.0 Å². The van der Waals surface area contributed by atoms with Crippen LogP contribution < -0.4 is 4.74 Å². The van der Waals surface area contributed by atoms with Gasteiger partial charge in [-0.2, -0.15) is 4.39 Å². The van der Waals surface area contributed by atoms with Crippen LogP contribution in [0.3, 0.4) is 0 Å². The Morgan fingerprint density at radius 2 is 1.58 bits per heavy atom. The third kappa shape index (κ3) is 6.74. The molecule has 1 nitrogen and oxygen atoms in total. The van der Waals surface area contributed by atoms with Gasteiger partial charge < -0.3 is 4.74 Å². The number of hydrogen-bond donors (Lipinski definition) is 0. The van der Waals surface area contributed by atoms with Gasteiger partial charge in [0.2, 0.25) is 5.82 Å². The van der Waals surface area contributed by atoms with Crippen molar-refractivity contribution in [2.45, 2.75) is 116 Å². The Morgan fingerprint density at radius 1 is 0.939 bits per heavy atom. The van der Waals surface area contributed by atoms with Gasteiger partial charge in [0.05, 0.1) is 0 Å². The van der Waals surface area contributed by atoms with Crippen LogP contribution in [0.4, 0.5) is 8.78 Å². The van der Waals surface area contributed by atoms with E-state index in [9.17, 15) is 4.39 Å². The molecule has 3 heteroatoms. The summed E-state index contributed by atoms with van der Waals surface area (Å²) in [5, 5.41) is 0. The second kappa shape index (κ2) is 12.8. The monoisotopic (exact) mass is 458 g/mol. The Balaban J connectivity index is 1.54. The molecule has 0 saturated heterocycles. The van der Waals surface area contributed by atoms with E-state index in [1.54, 1.807) is 12.1 Å². The van der Waals surface area contributed by atoms with E-state index in [2.05, 4.69) is 26.7 Å². The number of benzene rings is 1. The van der Waals surface area contributed by atoms with Gasteiger partial charge in [0.1, 0.15) is 0 Å². The first-order valence-electron chi connectivity index (χ1n) is 13.6. The van der Waals surface area contributed by atoms with Crippen LogP contribution in [0.25, 0.3) is 0 Å². The predicted octanol–water partition coefficient (Wildman–Crippen LogP) is 9.05. The van der Waals surface area contributed by atoms with E-state index in [4.69, 9.17) is 11.2 Å². The lowest BCUT2D eigenvalue weighted by molar-refractivity contribution is 0.137. The fraction of sp³-hybridized carbons (Fsp3) is 0.733. The standard InChI is InChI=1S/C30H44F2O/c1-5-8-9-10-26(7-3)33-28-20-19-27(29(31)30(28)32)25-17-15-24(16-18-25)23-13-11-22(12-14-23)21(4)6-2/h3,19-26H,5-6,8-18H2,1-2,4H3. The number of terminal acetylenes is 1. The zero-order valence-electron chi connectivity index (χ0n) is 21.1. The maximum Gasteiger partial charge on any atom is 0.200 e. The van der Waals surface area contributed by atoms with E-state index < -0.39 is 17.7 Å². The van der Waals surface area contributed by atoms with Crippen molar-refractivity contribution in [1.82, 2.24) is 0 Å². The van der Waals surface area contributed by atoms with E-state index in [0.717, 1.165) is 68.6 Å². The highest BCUT2D eigenvalue weighted by molar-refractivity contribution is 5.34. The fourth-order valence-electron chi connectivity index (χ4n) is 6.28. The lowest BCUT2D eigenvalue weighted by Crippen LogP contribution is -2.27. The van der Waals surface area contributed by atoms with E-state index in [0.29, 0.717) is 12.0 Å². The normalized spacial score (nSPS) is 27.5. The largest absolute Gasteiger partial charge is 0.475 e. The van der Waals surface area contributed by atoms with Crippen LogP contribution in [0.1, 0.15) is 116 Å². The van der Waals surface area contributed by atoms with Crippen molar-refractivity contribution in [3.05, 3.63) is 29.3 Å². The Kier molecular flexibility index (Phi) is 10.1. The minimum atomic E-state index is -0.881. The molecule has 2 saturated carbocycles. The first-order chi connectivity index (χ1) is 16.0. The molecule has 33 heavy (non-hydrogen) atoms. The minimum Gasteiger partial charge on any atom is -0.475 e. The van der Waals surface area contributed by atoms with E-state index in [1.807, 2.05) is 0 Å². The highest BCUT2D eigenvalue weighted by Crippen LogP contribution is 2.46. The van der Waals surface area contributed by atoms with Crippen LogP contribution in [0.2, 0.25) is 0 Å². The molecule has 0 N–H and O–H groups in total. The molecule has 2 aliphatic rings. The molecular formula is C30H44F2O. The molecule has 0 heterocycles. The van der Waals surface area contributed by atoms with Gasteiger partial charge in [-0.3, -0.25) is 0 Å². The molecule has 0 spiro atoms. The van der Waals surface area contributed by atoms with Crippen LogP contribution in [-0.2, 0) is 0 Å². The van der Waals surface area contributed by atoms with Gasteiger partial charge >= 0.3 is 0 Å². The summed E-state index contributed by atoms with van der Waals surface area (Å²) < 4.78 is 35.5. The molecule has 0 amide bonds. The SMILES string of the molecule is C#CC(CCCCC)Oc1ccc(C2CCC(C3CCC(C(C)CC)CC3)CC2)c(F)c1F. The third-order valence-electron chi connectivity index (χ3n) is 8.75. The zero-order valence-corrected chi connectivity index (χ0v) is 21.1. The van der Waals surface area contributed by atoms with Gasteiger partial charge in [-0.15, -0.1) is 6.42 Å². The maximum absolute atomic E-state index is 15.0. The molecule has 0 bridgehead atoms. The van der Waals surface area contributed by atoms with E-state index in [1.165, 1.54) is 32.1 Å². The van der Waals surface area contributed by atoms with Crippen LogP contribution in [0, 0.1) is 47.6 Å². The molecule has 3 rings (SSSR count). The summed E-state index contributed by atoms with van der Waals surface area (Å²) in [7, 11) is 0. The second-order valence-corrected chi connectivity index (χ2v) is 10.7. The fourth-order valence-corrected chi connectivity index (χ4v) is 6.28. The number of ether oxygens (including phenoxy) is 1. The molecule has 0 aliphatic heterocycles. The van der Waals surface area contributed by atoms with Gasteiger partial charge in [0.15, 0.2) is 17.7 Å². The summed E-state index contributed by atoms with van der Waals surface area (Å²) in [6, 6.07) is 3.32. The lowest BCUT2D eigenvalue weighted by atomic mass is 9.66. The zero-order chi connectivity index (χ0) is 23.8. The molecule has 0 radical (unpaired) electrons. The van der Waals surface area contributed by atoms with E-state index >= 15 is 4.39 Å². The van der Waals surface area contributed by atoms with E-state index in [-0.39, 0.29) is 11.7 Å². The number of hydrogen-bond acceptors (Lipinski definition) is 1.